The molecule has 3 saturated heterocycles. The van der Waals surface area contributed by atoms with E-state index in [4.69, 9.17) is 0 Å². The topological polar surface area (TPSA) is 35.6 Å². The van der Waals surface area contributed by atoms with Crippen molar-refractivity contribution >= 4 is 5.91 Å². The van der Waals surface area contributed by atoms with E-state index in [9.17, 15) is 4.79 Å². The number of nitrogens with zero attached hydrogens (tertiary/aromatic N) is 2. The Morgan fingerprint density at radius 1 is 0.871 bits per heavy atom. The molecule has 3 aliphatic rings. The van der Waals surface area contributed by atoms with Crippen LogP contribution < -0.4 is 5.32 Å². The monoisotopic (exact) mass is 417 g/mol. The van der Waals surface area contributed by atoms with Crippen LogP contribution in [0.25, 0.3) is 0 Å². The number of nitrogens with one attached hydrogen (secondary N) is 1. The molecule has 164 valence electrons. The summed E-state index contributed by atoms with van der Waals surface area (Å²) in [5.74, 6) is 1.00. The number of piperidine rings is 2. The zero-order valence-electron chi connectivity index (χ0n) is 18.5. The van der Waals surface area contributed by atoms with Crippen LogP contribution in [-0.4, -0.2) is 54.5 Å². The average Bonchev–Trinajstić information content (AvgIpc) is 2.80. The molecule has 2 atom stereocenters. The molecule has 31 heavy (non-hydrogen) atoms. The molecule has 0 saturated carbocycles. The van der Waals surface area contributed by atoms with Gasteiger partial charge in [0.25, 0.3) is 0 Å². The molecule has 1 amide bonds. The maximum atomic E-state index is 12.9. The Morgan fingerprint density at radius 2 is 1.52 bits per heavy atom. The first-order valence-electron chi connectivity index (χ1n) is 12.2. The van der Waals surface area contributed by atoms with E-state index in [-0.39, 0.29) is 17.9 Å². The minimum atomic E-state index is 0.112. The Balaban J connectivity index is 1.18. The maximum Gasteiger partial charge on any atom is 0.225 e. The van der Waals surface area contributed by atoms with Gasteiger partial charge in [0, 0.05) is 25.7 Å². The van der Waals surface area contributed by atoms with Gasteiger partial charge in [0.1, 0.15) is 0 Å². The average molecular weight is 418 g/mol. The Labute approximate surface area is 186 Å². The van der Waals surface area contributed by atoms with E-state index in [0.29, 0.717) is 12.0 Å². The van der Waals surface area contributed by atoms with Gasteiger partial charge in [-0.15, -0.1) is 0 Å². The zero-order chi connectivity index (χ0) is 21.0. The van der Waals surface area contributed by atoms with Crippen LogP contribution in [0.2, 0.25) is 0 Å². The minimum Gasteiger partial charge on any atom is -0.355 e. The number of rotatable bonds is 6. The lowest BCUT2D eigenvalue weighted by Gasteiger charge is -2.45. The molecule has 0 bridgehead atoms. The van der Waals surface area contributed by atoms with Gasteiger partial charge in [-0.2, -0.15) is 0 Å². The lowest BCUT2D eigenvalue weighted by atomic mass is 9.83. The highest BCUT2D eigenvalue weighted by molar-refractivity contribution is 5.80. The van der Waals surface area contributed by atoms with Gasteiger partial charge in [0.2, 0.25) is 5.91 Å². The molecule has 3 heterocycles. The lowest BCUT2D eigenvalue weighted by Crippen LogP contribution is -2.56. The van der Waals surface area contributed by atoms with Gasteiger partial charge in [-0.25, -0.2) is 0 Å². The van der Waals surface area contributed by atoms with Crippen LogP contribution in [0.3, 0.4) is 0 Å². The fourth-order valence-corrected chi connectivity index (χ4v) is 5.97. The summed E-state index contributed by atoms with van der Waals surface area (Å²) in [6, 6.07) is 22.3. The molecule has 0 spiro atoms. The van der Waals surface area contributed by atoms with Gasteiger partial charge in [-0.05, 0) is 55.8 Å². The molecular formula is C27H35N3O. The van der Waals surface area contributed by atoms with Crippen molar-refractivity contribution in [1.29, 1.82) is 0 Å². The molecule has 0 aromatic heterocycles. The summed E-state index contributed by atoms with van der Waals surface area (Å²) >= 11 is 0. The smallest absolute Gasteiger partial charge is 0.225 e. The van der Waals surface area contributed by atoms with E-state index in [1.54, 1.807) is 0 Å². The van der Waals surface area contributed by atoms with Crippen molar-refractivity contribution in [2.75, 3.05) is 32.7 Å². The largest absolute Gasteiger partial charge is 0.355 e. The molecule has 0 unspecified atom stereocenters. The molecule has 4 nitrogen and oxygen atoms in total. The van der Waals surface area contributed by atoms with Gasteiger partial charge >= 0.3 is 0 Å². The van der Waals surface area contributed by atoms with Gasteiger partial charge in [0.15, 0.2) is 0 Å². The summed E-state index contributed by atoms with van der Waals surface area (Å²) in [7, 11) is 0. The molecule has 4 heteroatoms. The molecular weight excluding hydrogens is 382 g/mol. The molecule has 0 aliphatic carbocycles. The van der Waals surface area contributed by atoms with Crippen LogP contribution in [-0.2, 0) is 4.79 Å². The van der Waals surface area contributed by atoms with Crippen molar-refractivity contribution in [1.82, 2.24) is 15.1 Å². The Bertz CT molecular complexity index is 808. The molecule has 3 fully saturated rings. The minimum absolute atomic E-state index is 0.112. The fourth-order valence-electron chi connectivity index (χ4n) is 5.97. The summed E-state index contributed by atoms with van der Waals surface area (Å²) in [5.41, 5.74) is 2.60. The second kappa shape index (κ2) is 9.54. The highest BCUT2D eigenvalue weighted by Gasteiger charge is 2.39. The van der Waals surface area contributed by atoms with E-state index in [1.807, 2.05) is 0 Å². The number of carbonyl (C=O) groups excluding carboxylic acids is 1. The van der Waals surface area contributed by atoms with E-state index < -0.39 is 0 Å². The van der Waals surface area contributed by atoms with Gasteiger partial charge in [-0.1, -0.05) is 67.1 Å². The predicted molar refractivity (Wildman–Crippen MR) is 125 cm³/mol. The first-order chi connectivity index (χ1) is 15.3. The highest BCUT2D eigenvalue weighted by atomic mass is 16.2. The van der Waals surface area contributed by atoms with Crippen LogP contribution in [0.4, 0.5) is 0 Å². The normalized spacial score (nSPS) is 25.1. The maximum absolute atomic E-state index is 12.9. The summed E-state index contributed by atoms with van der Waals surface area (Å²) in [4.78, 5) is 18.0. The second-order valence-electron chi connectivity index (χ2n) is 9.62. The summed E-state index contributed by atoms with van der Waals surface area (Å²) < 4.78 is 0. The summed E-state index contributed by atoms with van der Waals surface area (Å²) in [5, 5.41) is 3.33. The number of amides is 1. The van der Waals surface area contributed by atoms with E-state index in [1.165, 1.54) is 56.3 Å². The van der Waals surface area contributed by atoms with E-state index in [0.717, 1.165) is 19.6 Å². The zero-order valence-corrected chi connectivity index (χ0v) is 18.5. The van der Waals surface area contributed by atoms with Gasteiger partial charge in [0.05, 0.1) is 12.0 Å². The third kappa shape index (κ3) is 4.56. The third-order valence-electron chi connectivity index (χ3n) is 7.64. The number of hydrogen-bond acceptors (Lipinski definition) is 3. The van der Waals surface area contributed by atoms with Crippen molar-refractivity contribution in [2.24, 2.45) is 11.8 Å². The second-order valence-corrected chi connectivity index (χ2v) is 9.62. The number of carbonyl (C=O) groups is 1. The predicted octanol–water partition coefficient (Wildman–Crippen LogP) is 4.09. The van der Waals surface area contributed by atoms with E-state index in [2.05, 4.69) is 75.8 Å². The molecule has 3 aliphatic heterocycles. The standard InChI is InChI=1S/C27H35N3O/c31-27(28-18-23-14-9-17-29-16-8-7-15-25(23)29)24-19-30(20-24)26(21-10-3-1-4-11-21)22-12-5-2-6-13-22/h1-6,10-13,23-26H,7-9,14-20H2,(H,28,31)/t23-,25+/m0/s1. The molecule has 0 radical (unpaired) electrons. The summed E-state index contributed by atoms with van der Waals surface area (Å²) in [6.45, 7) is 5.04. The third-order valence-corrected chi connectivity index (χ3v) is 7.64. The number of benzene rings is 2. The SMILES string of the molecule is O=C(NC[C@@H]1CCCN2CCCC[C@H]12)C1CN(C(c2ccccc2)c2ccccc2)C1. The molecule has 5 rings (SSSR count). The van der Waals surface area contributed by atoms with Crippen LogP contribution in [0.15, 0.2) is 60.7 Å². The van der Waals surface area contributed by atoms with Crippen molar-refractivity contribution in [3.63, 3.8) is 0 Å². The molecule has 1 N–H and O–H groups in total. The van der Waals surface area contributed by atoms with Gasteiger partial charge < -0.3 is 10.2 Å². The number of fused-ring (bicyclic) bond motifs is 1. The summed E-state index contributed by atoms with van der Waals surface area (Å²) in [6.07, 6.45) is 6.56. The highest BCUT2D eigenvalue weighted by Crippen LogP contribution is 2.35. The van der Waals surface area contributed by atoms with Crippen molar-refractivity contribution < 1.29 is 4.79 Å². The van der Waals surface area contributed by atoms with E-state index >= 15 is 0 Å². The first-order valence-corrected chi connectivity index (χ1v) is 12.2. The van der Waals surface area contributed by atoms with Crippen LogP contribution in [0.1, 0.15) is 49.3 Å². The number of likely N-dealkylation sites (tertiary alicyclic amines) is 1. The van der Waals surface area contributed by atoms with Crippen LogP contribution in [0.5, 0.6) is 0 Å². The molecule has 2 aromatic rings. The Hall–Kier alpha value is -2.17. The van der Waals surface area contributed by atoms with Crippen molar-refractivity contribution in [3.8, 4) is 0 Å². The quantitative estimate of drug-likeness (QED) is 0.769. The fraction of sp³-hybridized carbons (Fsp3) is 0.519. The van der Waals surface area contributed by atoms with Crippen LogP contribution >= 0.6 is 0 Å². The molecule has 2 aromatic carbocycles. The Morgan fingerprint density at radius 3 is 2.19 bits per heavy atom. The number of hydrogen-bond donors (Lipinski definition) is 1. The van der Waals surface area contributed by atoms with Crippen molar-refractivity contribution in [3.05, 3.63) is 71.8 Å². The van der Waals surface area contributed by atoms with Crippen molar-refractivity contribution in [2.45, 2.75) is 44.2 Å². The van der Waals surface area contributed by atoms with Crippen LogP contribution in [0, 0.1) is 11.8 Å². The first kappa shape index (κ1) is 20.7. The lowest BCUT2D eigenvalue weighted by molar-refractivity contribution is -0.131. The Kier molecular flexibility index (Phi) is 6.37. The van der Waals surface area contributed by atoms with Gasteiger partial charge in [-0.3, -0.25) is 9.69 Å².